The number of carbonyl (C=O) groups is 2. The average Bonchev–Trinajstić information content (AvgIpc) is 2.94. The fraction of sp³-hybridized carbons (Fsp3) is 0. The maximum atomic E-state index is 12.5. The van der Waals surface area contributed by atoms with Crippen LogP contribution in [0.3, 0.4) is 0 Å². The van der Waals surface area contributed by atoms with Gasteiger partial charge in [0.1, 0.15) is 11.4 Å². The maximum absolute atomic E-state index is 12.5. The van der Waals surface area contributed by atoms with Crippen molar-refractivity contribution in [3.8, 4) is 5.69 Å². The second-order valence-electron chi connectivity index (χ2n) is 5.04. The Morgan fingerprint density at radius 3 is 2.12 bits per heavy atom. The van der Waals surface area contributed by atoms with Gasteiger partial charge in [-0.05, 0) is 24.3 Å². The molecule has 3 aromatic rings. The predicted molar refractivity (Wildman–Crippen MR) is 90.9 cm³/mol. The molecule has 0 radical (unpaired) electrons. The van der Waals surface area contributed by atoms with Crippen molar-refractivity contribution in [2.24, 2.45) is 5.73 Å². The zero-order chi connectivity index (χ0) is 17.1. The predicted octanol–water partition coefficient (Wildman–Crippen LogP) is 1.81. The van der Waals surface area contributed by atoms with Crippen molar-refractivity contribution in [3.05, 3.63) is 71.9 Å². The highest BCUT2D eigenvalue weighted by Gasteiger charge is 2.25. The summed E-state index contributed by atoms with van der Waals surface area (Å²) < 4.78 is 1.32. The van der Waals surface area contributed by atoms with Crippen molar-refractivity contribution in [1.82, 2.24) is 9.78 Å². The van der Waals surface area contributed by atoms with Crippen LogP contribution in [0.15, 0.2) is 60.7 Å². The topological polar surface area (TPSA) is 116 Å². The lowest BCUT2D eigenvalue weighted by Gasteiger charge is -2.03. The van der Waals surface area contributed by atoms with E-state index in [1.807, 2.05) is 12.1 Å². The number of benzene rings is 2. The largest absolute Gasteiger partial charge is 0.383 e. The molecule has 0 aliphatic heterocycles. The molecule has 7 heteroatoms. The number of nitrogens with zero attached hydrogens (tertiary/aromatic N) is 2. The van der Waals surface area contributed by atoms with E-state index in [0.717, 1.165) is 0 Å². The van der Waals surface area contributed by atoms with Gasteiger partial charge in [-0.2, -0.15) is 5.10 Å². The van der Waals surface area contributed by atoms with Gasteiger partial charge < -0.3 is 16.8 Å². The van der Waals surface area contributed by atoms with Crippen molar-refractivity contribution < 1.29 is 9.59 Å². The summed E-state index contributed by atoms with van der Waals surface area (Å²) in [5, 5.41) is 6.84. The summed E-state index contributed by atoms with van der Waals surface area (Å²) >= 11 is 0. The summed E-state index contributed by atoms with van der Waals surface area (Å²) in [7, 11) is 0. The third-order valence-electron chi connectivity index (χ3n) is 3.42. The minimum absolute atomic E-state index is 0.0203. The van der Waals surface area contributed by atoms with E-state index in [2.05, 4.69) is 10.4 Å². The molecule has 2 amide bonds. The highest BCUT2D eigenvalue weighted by molar-refractivity contribution is 6.12. The summed E-state index contributed by atoms with van der Waals surface area (Å²) in [6.07, 6.45) is 0. The van der Waals surface area contributed by atoms with Gasteiger partial charge in [-0.25, -0.2) is 4.68 Å². The summed E-state index contributed by atoms with van der Waals surface area (Å²) in [6, 6.07) is 17.8. The van der Waals surface area contributed by atoms with Gasteiger partial charge >= 0.3 is 0 Å². The van der Waals surface area contributed by atoms with Crippen molar-refractivity contribution in [1.29, 1.82) is 0 Å². The molecule has 0 fully saturated rings. The number of anilines is 2. The number of nitrogens with one attached hydrogen (secondary N) is 1. The molecular formula is C17H15N5O2. The highest BCUT2D eigenvalue weighted by Crippen LogP contribution is 2.22. The van der Waals surface area contributed by atoms with Gasteiger partial charge in [-0.1, -0.05) is 36.4 Å². The quantitative estimate of drug-likeness (QED) is 0.679. The number of nitrogens with two attached hydrogens (primary N) is 2. The fourth-order valence-electron chi connectivity index (χ4n) is 2.31. The molecule has 0 saturated heterocycles. The maximum Gasteiger partial charge on any atom is 0.277 e. The molecule has 5 N–H and O–H groups in total. The molecule has 7 nitrogen and oxygen atoms in total. The van der Waals surface area contributed by atoms with Crippen molar-refractivity contribution in [3.63, 3.8) is 0 Å². The van der Waals surface area contributed by atoms with E-state index in [1.165, 1.54) is 4.68 Å². The molecule has 0 bridgehead atoms. The first-order chi connectivity index (χ1) is 11.6. The van der Waals surface area contributed by atoms with Gasteiger partial charge in [0.2, 0.25) is 0 Å². The molecule has 2 aromatic carbocycles. The Morgan fingerprint density at radius 1 is 0.958 bits per heavy atom. The Labute approximate surface area is 137 Å². The average molecular weight is 321 g/mol. The van der Waals surface area contributed by atoms with E-state index in [-0.39, 0.29) is 17.1 Å². The SMILES string of the molecule is NC(=O)c1c(C(=O)Nc2ccccc2)nn(-c2ccccc2)c1N. The number of carbonyl (C=O) groups excluding carboxylic acids is 2. The lowest BCUT2D eigenvalue weighted by molar-refractivity contribution is 0.0976. The minimum atomic E-state index is -0.812. The van der Waals surface area contributed by atoms with Gasteiger partial charge in [0, 0.05) is 5.69 Å². The van der Waals surface area contributed by atoms with Gasteiger partial charge in [-0.15, -0.1) is 0 Å². The van der Waals surface area contributed by atoms with Gasteiger partial charge in [0.05, 0.1) is 5.69 Å². The number of aromatic nitrogens is 2. The van der Waals surface area contributed by atoms with Gasteiger partial charge in [0.25, 0.3) is 11.8 Å². The Bertz CT molecular complexity index is 888. The monoisotopic (exact) mass is 321 g/mol. The van der Waals surface area contributed by atoms with E-state index >= 15 is 0 Å². The Kier molecular flexibility index (Phi) is 3.98. The first-order valence-corrected chi connectivity index (χ1v) is 7.18. The van der Waals surface area contributed by atoms with Crippen LogP contribution in [0.25, 0.3) is 5.69 Å². The molecular weight excluding hydrogens is 306 g/mol. The summed E-state index contributed by atoms with van der Waals surface area (Å²) in [6.45, 7) is 0. The second kappa shape index (κ2) is 6.25. The van der Waals surface area contributed by atoms with Crippen molar-refractivity contribution in [2.75, 3.05) is 11.1 Å². The Balaban J connectivity index is 2.04. The van der Waals surface area contributed by atoms with Crippen LogP contribution >= 0.6 is 0 Å². The molecule has 0 saturated carbocycles. The van der Waals surface area contributed by atoms with Crippen molar-refractivity contribution >= 4 is 23.3 Å². The molecule has 1 heterocycles. The minimum Gasteiger partial charge on any atom is -0.383 e. The smallest absolute Gasteiger partial charge is 0.277 e. The number of amides is 2. The van der Waals surface area contributed by atoms with Gasteiger partial charge in [0.15, 0.2) is 5.69 Å². The third kappa shape index (κ3) is 2.82. The molecule has 1 aromatic heterocycles. The van der Waals surface area contributed by atoms with Crippen LogP contribution in [0.4, 0.5) is 11.5 Å². The normalized spacial score (nSPS) is 10.3. The molecule has 0 aliphatic carbocycles. The van der Waals surface area contributed by atoms with E-state index in [0.29, 0.717) is 11.4 Å². The fourth-order valence-corrected chi connectivity index (χ4v) is 2.31. The van der Waals surface area contributed by atoms with E-state index in [1.54, 1.807) is 48.5 Å². The molecule has 24 heavy (non-hydrogen) atoms. The summed E-state index contributed by atoms with van der Waals surface area (Å²) in [4.78, 5) is 24.2. The first kappa shape index (κ1) is 15.3. The van der Waals surface area contributed by atoms with Crippen LogP contribution in [-0.4, -0.2) is 21.6 Å². The highest BCUT2D eigenvalue weighted by atomic mass is 16.2. The Hall–Kier alpha value is -3.61. The Morgan fingerprint density at radius 2 is 1.54 bits per heavy atom. The molecule has 120 valence electrons. The first-order valence-electron chi connectivity index (χ1n) is 7.18. The standard InChI is InChI=1S/C17H15N5O2/c18-15-13(16(19)23)14(17(24)20-11-7-3-1-4-8-11)21-22(15)12-9-5-2-6-10-12/h1-10H,18H2,(H2,19,23)(H,20,24). The molecule has 3 rings (SSSR count). The molecule has 0 spiro atoms. The lowest BCUT2D eigenvalue weighted by Crippen LogP contribution is -2.20. The third-order valence-corrected chi connectivity index (χ3v) is 3.42. The van der Waals surface area contributed by atoms with Crippen LogP contribution < -0.4 is 16.8 Å². The van der Waals surface area contributed by atoms with Crippen LogP contribution in [0.1, 0.15) is 20.8 Å². The van der Waals surface area contributed by atoms with Crippen molar-refractivity contribution in [2.45, 2.75) is 0 Å². The van der Waals surface area contributed by atoms with E-state index in [9.17, 15) is 9.59 Å². The summed E-state index contributed by atoms with van der Waals surface area (Å²) in [5.41, 5.74) is 12.3. The van der Waals surface area contributed by atoms with Crippen LogP contribution in [-0.2, 0) is 0 Å². The zero-order valence-electron chi connectivity index (χ0n) is 12.6. The van der Waals surface area contributed by atoms with Gasteiger partial charge in [-0.3, -0.25) is 9.59 Å². The zero-order valence-corrected chi connectivity index (χ0v) is 12.6. The van der Waals surface area contributed by atoms with Crippen LogP contribution in [0.5, 0.6) is 0 Å². The number of nitrogen functional groups attached to an aromatic ring is 1. The van der Waals surface area contributed by atoms with E-state index < -0.39 is 11.8 Å². The number of hydrogen-bond acceptors (Lipinski definition) is 4. The number of rotatable bonds is 4. The molecule has 0 unspecified atom stereocenters. The summed E-state index contributed by atoms with van der Waals surface area (Å²) in [5.74, 6) is -1.35. The number of hydrogen-bond donors (Lipinski definition) is 3. The van der Waals surface area contributed by atoms with Crippen LogP contribution in [0, 0.1) is 0 Å². The second-order valence-corrected chi connectivity index (χ2v) is 5.04. The molecule has 0 aliphatic rings. The number of primary amides is 1. The molecule has 0 atom stereocenters. The van der Waals surface area contributed by atoms with Crippen LogP contribution in [0.2, 0.25) is 0 Å². The lowest BCUT2D eigenvalue weighted by atomic mass is 10.2. The number of para-hydroxylation sites is 2. The van der Waals surface area contributed by atoms with E-state index in [4.69, 9.17) is 11.5 Å².